The van der Waals surface area contributed by atoms with E-state index >= 15 is 0 Å². The zero-order valence-electron chi connectivity index (χ0n) is 12.1. The van der Waals surface area contributed by atoms with Crippen molar-refractivity contribution in [1.29, 1.82) is 0 Å². The Bertz CT molecular complexity index is 618. The van der Waals surface area contributed by atoms with E-state index in [0.717, 1.165) is 17.3 Å². The number of benzene rings is 1. The molecule has 0 radical (unpaired) electrons. The molecule has 110 valence electrons. The van der Waals surface area contributed by atoms with Gasteiger partial charge in [-0.15, -0.1) is 0 Å². The fourth-order valence-electron chi connectivity index (χ4n) is 2.05. The van der Waals surface area contributed by atoms with Gasteiger partial charge >= 0.3 is 0 Å². The van der Waals surface area contributed by atoms with Gasteiger partial charge in [-0.3, -0.25) is 0 Å². The molecule has 1 aromatic carbocycles. The Hall–Kier alpha value is -2.50. The number of nitrogens with zero attached hydrogens (tertiary/aromatic N) is 3. The van der Waals surface area contributed by atoms with Gasteiger partial charge in [-0.2, -0.15) is 4.98 Å². The monoisotopic (exact) mass is 286 g/mol. The lowest BCUT2D eigenvalue weighted by molar-refractivity contribution is 0.0996. The maximum absolute atomic E-state index is 5.88. The van der Waals surface area contributed by atoms with Crippen molar-refractivity contribution in [3.63, 3.8) is 0 Å². The number of hydrogen-bond donors (Lipinski definition) is 1. The SMILES string of the molecule is CN(C)c1ccnc(NC[C@H]2COc3ccccc3O2)n1. The van der Waals surface area contributed by atoms with Crippen molar-refractivity contribution in [2.24, 2.45) is 0 Å². The highest BCUT2D eigenvalue weighted by atomic mass is 16.6. The van der Waals surface area contributed by atoms with Gasteiger partial charge in [0, 0.05) is 20.3 Å². The van der Waals surface area contributed by atoms with Gasteiger partial charge in [0.2, 0.25) is 5.95 Å². The number of para-hydroxylation sites is 2. The third-order valence-corrected chi connectivity index (χ3v) is 3.15. The van der Waals surface area contributed by atoms with Gasteiger partial charge in [0.15, 0.2) is 11.5 Å². The predicted molar refractivity (Wildman–Crippen MR) is 81.2 cm³/mol. The summed E-state index contributed by atoms with van der Waals surface area (Å²) < 4.78 is 11.6. The molecule has 6 nitrogen and oxygen atoms in total. The van der Waals surface area contributed by atoms with Gasteiger partial charge in [-0.05, 0) is 18.2 Å². The van der Waals surface area contributed by atoms with E-state index in [9.17, 15) is 0 Å². The third-order valence-electron chi connectivity index (χ3n) is 3.15. The van der Waals surface area contributed by atoms with Crippen molar-refractivity contribution in [3.8, 4) is 11.5 Å². The minimum absolute atomic E-state index is 0.0634. The first kappa shape index (κ1) is 13.5. The van der Waals surface area contributed by atoms with Gasteiger partial charge in [0.05, 0.1) is 6.54 Å². The first-order valence-electron chi connectivity index (χ1n) is 6.85. The summed E-state index contributed by atoms with van der Waals surface area (Å²) in [5.41, 5.74) is 0. The van der Waals surface area contributed by atoms with Crippen LogP contribution in [0.15, 0.2) is 36.5 Å². The zero-order chi connectivity index (χ0) is 14.7. The minimum atomic E-state index is -0.0634. The average molecular weight is 286 g/mol. The van der Waals surface area contributed by atoms with Crippen LogP contribution in [-0.2, 0) is 0 Å². The normalized spacial score (nSPS) is 16.4. The minimum Gasteiger partial charge on any atom is -0.486 e. The number of hydrogen-bond acceptors (Lipinski definition) is 6. The van der Waals surface area contributed by atoms with E-state index in [4.69, 9.17) is 9.47 Å². The molecule has 6 heteroatoms. The molecule has 0 unspecified atom stereocenters. The van der Waals surface area contributed by atoms with Crippen LogP contribution >= 0.6 is 0 Å². The van der Waals surface area contributed by atoms with Crippen LogP contribution in [0.25, 0.3) is 0 Å². The second kappa shape index (κ2) is 5.87. The fraction of sp³-hybridized carbons (Fsp3) is 0.333. The highest BCUT2D eigenvalue weighted by Gasteiger charge is 2.20. The van der Waals surface area contributed by atoms with Gasteiger partial charge in [0.1, 0.15) is 18.5 Å². The molecule has 1 aliphatic rings. The largest absolute Gasteiger partial charge is 0.486 e. The molecule has 1 aliphatic heterocycles. The summed E-state index contributed by atoms with van der Waals surface area (Å²) in [5.74, 6) is 3.01. The van der Waals surface area contributed by atoms with Gasteiger partial charge in [0.25, 0.3) is 0 Å². The van der Waals surface area contributed by atoms with Crippen molar-refractivity contribution >= 4 is 11.8 Å². The standard InChI is InChI=1S/C15H18N4O2/c1-19(2)14-7-8-16-15(18-14)17-9-11-10-20-12-5-3-4-6-13(12)21-11/h3-8,11H,9-10H2,1-2H3,(H,16,17,18)/t11-/m0/s1. The van der Waals surface area contributed by atoms with Gasteiger partial charge in [-0.25, -0.2) is 4.98 Å². The van der Waals surface area contributed by atoms with Crippen LogP contribution in [0.1, 0.15) is 0 Å². The summed E-state index contributed by atoms with van der Waals surface area (Å²) in [6.07, 6.45) is 1.67. The van der Waals surface area contributed by atoms with Crippen LogP contribution in [0, 0.1) is 0 Å². The number of aromatic nitrogens is 2. The number of fused-ring (bicyclic) bond motifs is 1. The molecular formula is C15H18N4O2. The molecule has 21 heavy (non-hydrogen) atoms. The number of nitrogens with one attached hydrogen (secondary N) is 1. The highest BCUT2D eigenvalue weighted by molar-refractivity contribution is 5.42. The van der Waals surface area contributed by atoms with Crippen LogP contribution in [0.5, 0.6) is 11.5 Å². The Balaban J connectivity index is 1.60. The van der Waals surface area contributed by atoms with Crippen molar-refractivity contribution in [2.75, 3.05) is 37.5 Å². The van der Waals surface area contributed by atoms with E-state index in [-0.39, 0.29) is 6.10 Å². The second-order valence-corrected chi connectivity index (χ2v) is 5.01. The zero-order valence-corrected chi connectivity index (χ0v) is 12.1. The lowest BCUT2D eigenvalue weighted by atomic mass is 10.2. The van der Waals surface area contributed by atoms with E-state index in [1.54, 1.807) is 6.20 Å². The topological polar surface area (TPSA) is 59.5 Å². The van der Waals surface area contributed by atoms with E-state index in [0.29, 0.717) is 19.1 Å². The summed E-state index contributed by atoms with van der Waals surface area (Å²) in [4.78, 5) is 10.5. The predicted octanol–water partition coefficient (Wildman–Crippen LogP) is 1.79. The number of anilines is 2. The van der Waals surface area contributed by atoms with Crippen LogP contribution in [0.2, 0.25) is 0 Å². The van der Waals surface area contributed by atoms with Crippen LogP contribution in [0.3, 0.4) is 0 Å². The molecule has 0 saturated carbocycles. The molecule has 0 bridgehead atoms. The second-order valence-electron chi connectivity index (χ2n) is 5.01. The molecule has 0 saturated heterocycles. The van der Waals surface area contributed by atoms with E-state index in [2.05, 4.69) is 15.3 Å². The molecule has 2 heterocycles. The average Bonchev–Trinajstić information content (AvgIpc) is 2.53. The summed E-state index contributed by atoms with van der Waals surface area (Å²) in [5, 5.41) is 3.19. The fourth-order valence-corrected chi connectivity index (χ4v) is 2.05. The van der Waals surface area contributed by atoms with Crippen molar-refractivity contribution in [3.05, 3.63) is 36.5 Å². The Morgan fingerprint density at radius 3 is 2.86 bits per heavy atom. The Morgan fingerprint density at radius 2 is 2.05 bits per heavy atom. The van der Waals surface area contributed by atoms with Gasteiger partial charge < -0.3 is 19.7 Å². The maximum atomic E-state index is 5.88. The van der Waals surface area contributed by atoms with E-state index in [1.165, 1.54) is 0 Å². The van der Waals surface area contributed by atoms with E-state index in [1.807, 2.05) is 49.3 Å². The smallest absolute Gasteiger partial charge is 0.224 e. The van der Waals surface area contributed by atoms with Crippen molar-refractivity contribution in [1.82, 2.24) is 9.97 Å². The Kier molecular flexibility index (Phi) is 3.77. The lowest BCUT2D eigenvalue weighted by Crippen LogP contribution is -2.35. The molecule has 1 atom stereocenters. The summed E-state index contributed by atoms with van der Waals surface area (Å²) >= 11 is 0. The number of ether oxygens (including phenoxy) is 2. The first-order chi connectivity index (χ1) is 10.2. The van der Waals surface area contributed by atoms with Crippen LogP contribution < -0.4 is 19.7 Å². The van der Waals surface area contributed by atoms with Crippen LogP contribution in [0.4, 0.5) is 11.8 Å². The molecule has 1 N–H and O–H groups in total. The third kappa shape index (κ3) is 3.16. The van der Waals surface area contributed by atoms with Crippen molar-refractivity contribution in [2.45, 2.75) is 6.10 Å². The molecule has 0 aliphatic carbocycles. The van der Waals surface area contributed by atoms with Crippen molar-refractivity contribution < 1.29 is 9.47 Å². The van der Waals surface area contributed by atoms with E-state index < -0.39 is 0 Å². The molecule has 0 fully saturated rings. The molecular weight excluding hydrogens is 268 g/mol. The summed E-state index contributed by atoms with van der Waals surface area (Å²) in [6, 6.07) is 9.54. The maximum Gasteiger partial charge on any atom is 0.224 e. The molecule has 0 spiro atoms. The first-order valence-corrected chi connectivity index (χ1v) is 6.85. The molecule has 0 amide bonds. The molecule has 1 aromatic heterocycles. The quantitative estimate of drug-likeness (QED) is 0.925. The Morgan fingerprint density at radius 1 is 1.24 bits per heavy atom. The Labute approximate surface area is 123 Å². The summed E-state index contributed by atoms with van der Waals surface area (Å²) in [7, 11) is 3.89. The molecule has 2 aromatic rings. The number of rotatable bonds is 4. The molecule has 3 rings (SSSR count). The van der Waals surface area contributed by atoms with Crippen LogP contribution in [-0.4, -0.2) is 43.3 Å². The summed E-state index contributed by atoms with van der Waals surface area (Å²) in [6.45, 7) is 1.10. The lowest BCUT2D eigenvalue weighted by Gasteiger charge is -2.26. The highest BCUT2D eigenvalue weighted by Crippen LogP contribution is 2.30. The van der Waals surface area contributed by atoms with Gasteiger partial charge in [-0.1, -0.05) is 12.1 Å².